The van der Waals surface area contributed by atoms with Crippen molar-refractivity contribution in [2.75, 3.05) is 13.1 Å². The summed E-state index contributed by atoms with van der Waals surface area (Å²) < 4.78 is 13.7. The summed E-state index contributed by atoms with van der Waals surface area (Å²) in [7, 11) is 0. The minimum Gasteiger partial charge on any atom is -0.314 e. The maximum Gasteiger partial charge on any atom is 0.272 e. The Kier molecular flexibility index (Phi) is 3.14. The predicted molar refractivity (Wildman–Crippen MR) is 58.2 cm³/mol. The molecular formula is C11H13FN2O2. The van der Waals surface area contributed by atoms with Gasteiger partial charge in [0.15, 0.2) is 0 Å². The molecule has 0 amide bonds. The second-order valence-corrected chi connectivity index (χ2v) is 3.93. The van der Waals surface area contributed by atoms with Gasteiger partial charge in [-0.15, -0.1) is 0 Å². The predicted octanol–water partition coefficient (Wildman–Crippen LogP) is 2.01. The van der Waals surface area contributed by atoms with Crippen molar-refractivity contribution in [1.29, 1.82) is 0 Å². The first-order chi connectivity index (χ1) is 7.70. The van der Waals surface area contributed by atoms with E-state index in [0.717, 1.165) is 0 Å². The average Bonchev–Trinajstić information content (AvgIpc) is 2.29. The van der Waals surface area contributed by atoms with Gasteiger partial charge in [0.05, 0.1) is 4.92 Å². The van der Waals surface area contributed by atoms with E-state index in [-0.39, 0.29) is 18.2 Å². The molecule has 1 saturated heterocycles. The van der Waals surface area contributed by atoms with Crippen LogP contribution in [-0.4, -0.2) is 24.2 Å². The topological polar surface area (TPSA) is 55.2 Å². The van der Waals surface area contributed by atoms with Crippen molar-refractivity contribution >= 4 is 5.69 Å². The smallest absolute Gasteiger partial charge is 0.272 e. The SMILES string of the molecule is O=[N+]([O-])c1ccccc1C1CCNCC1F. The van der Waals surface area contributed by atoms with Gasteiger partial charge in [0, 0.05) is 24.1 Å². The Morgan fingerprint density at radius 3 is 2.88 bits per heavy atom. The van der Waals surface area contributed by atoms with E-state index in [2.05, 4.69) is 5.32 Å². The number of nitrogens with zero attached hydrogens (tertiary/aromatic N) is 1. The molecule has 1 aromatic rings. The van der Waals surface area contributed by atoms with E-state index in [1.165, 1.54) is 6.07 Å². The summed E-state index contributed by atoms with van der Waals surface area (Å²) in [5.74, 6) is -0.358. The maximum atomic E-state index is 13.7. The van der Waals surface area contributed by atoms with Crippen molar-refractivity contribution < 1.29 is 9.31 Å². The highest BCUT2D eigenvalue weighted by Gasteiger charge is 2.30. The molecule has 2 atom stereocenters. The zero-order valence-electron chi connectivity index (χ0n) is 8.73. The quantitative estimate of drug-likeness (QED) is 0.617. The molecule has 86 valence electrons. The van der Waals surface area contributed by atoms with E-state index in [0.29, 0.717) is 18.5 Å². The Balaban J connectivity index is 2.34. The van der Waals surface area contributed by atoms with Gasteiger partial charge in [-0.2, -0.15) is 0 Å². The van der Waals surface area contributed by atoms with Crippen LogP contribution in [0, 0.1) is 10.1 Å². The van der Waals surface area contributed by atoms with Gasteiger partial charge in [-0.25, -0.2) is 4.39 Å². The second-order valence-electron chi connectivity index (χ2n) is 3.93. The van der Waals surface area contributed by atoms with Gasteiger partial charge < -0.3 is 5.32 Å². The van der Waals surface area contributed by atoms with Gasteiger partial charge in [0.25, 0.3) is 5.69 Å². The van der Waals surface area contributed by atoms with Crippen molar-refractivity contribution in [3.63, 3.8) is 0 Å². The van der Waals surface area contributed by atoms with Crippen molar-refractivity contribution in [1.82, 2.24) is 5.32 Å². The van der Waals surface area contributed by atoms with Gasteiger partial charge in [0.1, 0.15) is 6.17 Å². The van der Waals surface area contributed by atoms with Crippen molar-refractivity contribution in [3.8, 4) is 0 Å². The van der Waals surface area contributed by atoms with E-state index in [1.807, 2.05) is 0 Å². The molecule has 0 saturated carbocycles. The minimum atomic E-state index is -1.05. The number of nitro benzene ring substituents is 1. The minimum absolute atomic E-state index is 0.0250. The summed E-state index contributed by atoms with van der Waals surface area (Å²) in [4.78, 5) is 10.4. The lowest BCUT2D eigenvalue weighted by molar-refractivity contribution is -0.385. The van der Waals surface area contributed by atoms with Crippen LogP contribution in [0.1, 0.15) is 17.9 Å². The zero-order chi connectivity index (χ0) is 11.5. The molecule has 0 radical (unpaired) electrons. The van der Waals surface area contributed by atoms with Gasteiger partial charge in [0.2, 0.25) is 0 Å². The van der Waals surface area contributed by atoms with Crippen LogP contribution in [0.15, 0.2) is 24.3 Å². The molecule has 2 unspecified atom stereocenters. The Morgan fingerprint density at radius 1 is 1.44 bits per heavy atom. The lowest BCUT2D eigenvalue weighted by Gasteiger charge is -2.26. The summed E-state index contributed by atoms with van der Waals surface area (Å²) in [6.07, 6.45) is -0.443. The standard InChI is InChI=1S/C11H13FN2O2/c12-10-7-13-6-5-8(10)9-3-1-2-4-11(9)14(15)16/h1-4,8,10,13H,5-7H2. The molecule has 2 rings (SSSR count). The molecule has 0 spiro atoms. The molecule has 1 aliphatic heterocycles. The normalized spacial score (nSPS) is 25.3. The number of nitro groups is 1. The van der Waals surface area contributed by atoms with Crippen LogP contribution < -0.4 is 5.32 Å². The number of para-hydroxylation sites is 1. The van der Waals surface area contributed by atoms with E-state index in [4.69, 9.17) is 0 Å². The first kappa shape index (κ1) is 11.0. The highest BCUT2D eigenvalue weighted by Crippen LogP contribution is 2.33. The first-order valence-electron chi connectivity index (χ1n) is 5.28. The van der Waals surface area contributed by atoms with Crippen LogP contribution in [0.4, 0.5) is 10.1 Å². The molecule has 0 bridgehead atoms. The first-order valence-corrected chi connectivity index (χ1v) is 5.28. The Morgan fingerprint density at radius 2 is 2.19 bits per heavy atom. The second kappa shape index (κ2) is 4.57. The lowest BCUT2D eigenvalue weighted by Crippen LogP contribution is -2.36. The third kappa shape index (κ3) is 2.04. The molecule has 1 heterocycles. The third-order valence-electron chi connectivity index (χ3n) is 2.94. The number of hydrogen-bond acceptors (Lipinski definition) is 3. The van der Waals surface area contributed by atoms with Crippen LogP contribution in [0.5, 0.6) is 0 Å². The fraction of sp³-hybridized carbons (Fsp3) is 0.455. The van der Waals surface area contributed by atoms with Crippen LogP contribution in [0.2, 0.25) is 0 Å². The van der Waals surface area contributed by atoms with Crippen LogP contribution >= 0.6 is 0 Å². The Bertz CT molecular complexity index is 397. The lowest BCUT2D eigenvalue weighted by atomic mass is 9.88. The molecule has 5 heteroatoms. The summed E-state index contributed by atoms with van der Waals surface area (Å²) in [6, 6.07) is 6.41. The molecule has 1 fully saturated rings. The molecule has 1 aliphatic rings. The van der Waals surface area contributed by atoms with Crippen molar-refractivity contribution in [2.45, 2.75) is 18.5 Å². The van der Waals surface area contributed by atoms with Crippen molar-refractivity contribution in [3.05, 3.63) is 39.9 Å². The molecule has 1 N–H and O–H groups in total. The third-order valence-corrected chi connectivity index (χ3v) is 2.94. The number of nitrogens with one attached hydrogen (secondary N) is 1. The van der Waals surface area contributed by atoms with Gasteiger partial charge >= 0.3 is 0 Å². The number of halogens is 1. The monoisotopic (exact) mass is 224 g/mol. The molecule has 0 aromatic heterocycles. The van der Waals surface area contributed by atoms with Crippen LogP contribution in [-0.2, 0) is 0 Å². The number of piperidine rings is 1. The summed E-state index contributed by atoms with van der Waals surface area (Å²) >= 11 is 0. The van der Waals surface area contributed by atoms with E-state index < -0.39 is 11.1 Å². The van der Waals surface area contributed by atoms with Gasteiger partial charge in [-0.3, -0.25) is 10.1 Å². The highest BCUT2D eigenvalue weighted by atomic mass is 19.1. The van der Waals surface area contributed by atoms with Crippen LogP contribution in [0.3, 0.4) is 0 Å². The van der Waals surface area contributed by atoms with E-state index in [1.54, 1.807) is 18.2 Å². The number of rotatable bonds is 2. The number of benzene rings is 1. The Hall–Kier alpha value is -1.49. The largest absolute Gasteiger partial charge is 0.314 e. The fourth-order valence-electron chi connectivity index (χ4n) is 2.14. The summed E-state index contributed by atoms with van der Waals surface area (Å²) in [5, 5.41) is 13.8. The Labute approximate surface area is 92.6 Å². The fourth-order valence-corrected chi connectivity index (χ4v) is 2.14. The van der Waals surface area contributed by atoms with Crippen molar-refractivity contribution in [2.24, 2.45) is 0 Å². The zero-order valence-corrected chi connectivity index (χ0v) is 8.73. The molecular weight excluding hydrogens is 211 g/mol. The highest BCUT2D eigenvalue weighted by molar-refractivity contribution is 5.43. The number of hydrogen-bond donors (Lipinski definition) is 1. The average molecular weight is 224 g/mol. The maximum absolute atomic E-state index is 13.7. The molecule has 4 nitrogen and oxygen atoms in total. The molecule has 0 aliphatic carbocycles. The van der Waals surface area contributed by atoms with E-state index >= 15 is 0 Å². The van der Waals surface area contributed by atoms with Crippen LogP contribution in [0.25, 0.3) is 0 Å². The number of alkyl halides is 1. The molecule has 1 aromatic carbocycles. The molecule has 16 heavy (non-hydrogen) atoms. The summed E-state index contributed by atoms with van der Waals surface area (Å²) in [5.41, 5.74) is 0.540. The van der Waals surface area contributed by atoms with E-state index in [9.17, 15) is 14.5 Å². The van der Waals surface area contributed by atoms with Gasteiger partial charge in [-0.1, -0.05) is 18.2 Å². The van der Waals surface area contributed by atoms with Gasteiger partial charge in [-0.05, 0) is 13.0 Å². The summed E-state index contributed by atoms with van der Waals surface area (Å²) in [6.45, 7) is 0.980.